The van der Waals surface area contributed by atoms with Gasteiger partial charge in [0.15, 0.2) is 0 Å². The zero-order valence-electron chi connectivity index (χ0n) is 10.4. The highest BCUT2D eigenvalue weighted by atomic mass is 16.5. The summed E-state index contributed by atoms with van der Waals surface area (Å²) in [6.45, 7) is 0. The Morgan fingerprint density at radius 1 is 1.44 bits per heavy atom. The Morgan fingerprint density at radius 3 is 2.78 bits per heavy atom. The topological polar surface area (TPSA) is 62.1 Å². The second kappa shape index (κ2) is 5.09. The van der Waals surface area contributed by atoms with E-state index >= 15 is 0 Å². The molecule has 1 aromatic carbocycles. The van der Waals surface area contributed by atoms with Crippen molar-refractivity contribution in [1.29, 1.82) is 5.26 Å². The Balaban J connectivity index is 2.13. The van der Waals surface area contributed by atoms with Crippen molar-refractivity contribution in [2.75, 3.05) is 12.4 Å². The minimum absolute atomic E-state index is 0.198. The lowest BCUT2D eigenvalue weighted by Gasteiger charge is -2.19. The van der Waals surface area contributed by atoms with Crippen molar-refractivity contribution in [3.8, 4) is 11.8 Å². The number of carbonyl (C=O) groups is 1. The summed E-state index contributed by atoms with van der Waals surface area (Å²) in [7, 11) is 1.58. The molecule has 1 N–H and O–H groups in total. The summed E-state index contributed by atoms with van der Waals surface area (Å²) in [5.41, 5.74) is -0.177. The number of methoxy groups -OCH3 is 1. The molecule has 0 bridgehead atoms. The third-order valence-electron chi connectivity index (χ3n) is 3.43. The number of hydrogen-bond acceptors (Lipinski definition) is 3. The molecule has 1 saturated carbocycles. The molecular weight excluding hydrogens is 228 g/mol. The van der Waals surface area contributed by atoms with Crippen LogP contribution in [0.5, 0.6) is 5.75 Å². The number of amides is 1. The first-order valence-electron chi connectivity index (χ1n) is 6.07. The van der Waals surface area contributed by atoms with E-state index in [0.29, 0.717) is 24.3 Å². The molecule has 0 unspecified atom stereocenters. The molecule has 4 nitrogen and oxygen atoms in total. The standard InChI is InChI=1S/C14H16N2O2/c1-18-12-6-4-5-11(9-12)16-13(17)14(10-15)7-2-3-8-14/h4-6,9H,2-3,7-8H2,1H3,(H,16,17). The summed E-state index contributed by atoms with van der Waals surface area (Å²) in [5, 5.41) is 12.0. The Bertz CT molecular complexity index is 485. The van der Waals surface area contributed by atoms with Crippen LogP contribution >= 0.6 is 0 Å². The van der Waals surface area contributed by atoms with E-state index in [1.165, 1.54) is 0 Å². The summed E-state index contributed by atoms with van der Waals surface area (Å²) < 4.78 is 5.10. The Hall–Kier alpha value is -2.02. The second-order valence-corrected chi connectivity index (χ2v) is 4.59. The van der Waals surface area contributed by atoms with Crippen LogP contribution in [0.3, 0.4) is 0 Å². The van der Waals surface area contributed by atoms with Crippen molar-refractivity contribution < 1.29 is 9.53 Å². The average molecular weight is 244 g/mol. The van der Waals surface area contributed by atoms with Gasteiger partial charge in [0.1, 0.15) is 11.2 Å². The van der Waals surface area contributed by atoms with Gasteiger partial charge >= 0.3 is 0 Å². The van der Waals surface area contributed by atoms with Gasteiger partial charge in [-0.3, -0.25) is 4.79 Å². The largest absolute Gasteiger partial charge is 0.497 e. The van der Waals surface area contributed by atoms with Crippen LogP contribution in [-0.2, 0) is 4.79 Å². The highest BCUT2D eigenvalue weighted by Gasteiger charge is 2.41. The molecule has 0 radical (unpaired) electrons. The zero-order valence-corrected chi connectivity index (χ0v) is 10.4. The van der Waals surface area contributed by atoms with Crippen LogP contribution in [0.25, 0.3) is 0 Å². The van der Waals surface area contributed by atoms with Gasteiger partial charge in [-0.2, -0.15) is 5.26 Å². The van der Waals surface area contributed by atoms with Crippen molar-refractivity contribution in [2.24, 2.45) is 5.41 Å². The summed E-state index contributed by atoms with van der Waals surface area (Å²) >= 11 is 0. The summed E-state index contributed by atoms with van der Waals surface area (Å²) in [6, 6.07) is 9.34. The maximum absolute atomic E-state index is 12.2. The number of rotatable bonds is 3. The predicted molar refractivity (Wildman–Crippen MR) is 68.1 cm³/mol. The molecule has 0 aliphatic heterocycles. The molecule has 0 aromatic heterocycles. The molecule has 1 aromatic rings. The molecule has 0 atom stereocenters. The fourth-order valence-corrected chi connectivity index (χ4v) is 2.32. The van der Waals surface area contributed by atoms with E-state index < -0.39 is 5.41 Å². The van der Waals surface area contributed by atoms with Gasteiger partial charge in [0.25, 0.3) is 0 Å². The highest BCUT2D eigenvalue weighted by Crippen LogP contribution is 2.38. The van der Waals surface area contributed by atoms with Gasteiger partial charge in [-0.15, -0.1) is 0 Å². The smallest absolute Gasteiger partial charge is 0.244 e. The van der Waals surface area contributed by atoms with Crippen molar-refractivity contribution in [2.45, 2.75) is 25.7 Å². The lowest BCUT2D eigenvalue weighted by molar-refractivity contribution is -0.122. The number of nitriles is 1. The Morgan fingerprint density at radius 2 is 2.17 bits per heavy atom. The van der Waals surface area contributed by atoms with E-state index in [1.807, 2.05) is 12.1 Å². The number of anilines is 1. The highest BCUT2D eigenvalue weighted by molar-refractivity contribution is 5.97. The molecular formula is C14H16N2O2. The van der Waals surface area contributed by atoms with Crippen LogP contribution in [0, 0.1) is 16.7 Å². The number of nitrogens with zero attached hydrogens (tertiary/aromatic N) is 1. The molecule has 18 heavy (non-hydrogen) atoms. The second-order valence-electron chi connectivity index (χ2n) is 4.59. The lowest BCUT2D eigenvalue weighted by Crippen LogP contribution is -2.32. The first-order chi connectivity index (χ1) is 8.70. The predicted octanol–water partition coefficient (Wildman–Crippen LogP) is 2.72. The van der Waals surface area contributed by atoms with Crippen molar-refractivity contribution in [1.82, 2.24) is 0 Å². The number of hydrogen-bond donors (Lipinski definition) is 1. The molecule has 2 rings (SSSR count). The van der Waals surface area contributed by atoms with Crippen LogP contribution in [0.1, 0.15) is 25.7 Å². The Labute approximate surface area is 107 Å². The van der Waals surface area contributed by atoms with Crippen LogP contribution in [0.2, 0.25) is 0 Å². The molecule has 94 valence electrons. The fourth-order valence-electron chi connectivity index (χ4n) is 2.32. The number of ether oxygens (including phenoxy) is 1. The molecule has 0 saturated heterocycles. The van der Waals surface area contributed by atoms with Crippen molar-refractivity contribution in [3.63, 3.8) is 0 Å². The van der Waals surface area contributed by atoms with E-state index in [0.717, 1.165) is 12.8 Å². The van der Waals surface area contributed by atoms with Crippen LogP contribution in [-0.4, -0.2) is 13.0 Å². The van der Waals surface area contributed by atoms with Crippen LogP contribution in [0.15, 0.2) is 24.3 Å². The van der Waals surface area contributed by atoms with Crippen molar-refractivity contribution in [3.05, 3.63) is 24.3 Å². The van der Waals surface area contributed by atoms with E-state index in [9.17, 15) is 10.1 Å². The third kappa shape index (κ3) is 2.30. The summed E-state index contributed by atoms with van der Waals surface area (Å²) in [6.07, 6.45) is 3.19. The summed E-state index contributed by atoms with van der Waals surface area (Å²) in [5.74, 6) is 0.487. The van der Waals surface area contributed by atoms with Crippen molar-refractivity contribution >= 4 is 11.6 Å². The van der Waals surface area contributed by atoms with Gasteiger partial charge < -0.3 is 10.1 Å². The van der Waals surface area contributed by atoms with Crippen LogP contribution in [0.4, 0.5) is 5.69 Å². The van der Waals surface area contributed by atoms with Gasteiger partial charge in [-0.05, 0) is 25.0 Å². The monoisotopic (exact) mass is 244 g/mol. The molecule has 0 spiro atoms. The normalized spacial score (nSPS) is 16.9. The number of carbonyl (C=O) groups excluding carboxylic acids is 1. The first-order valence-corrected chi connectivity index (χ1v) is 6.07. The molecule has 4 heteroatoms. The minimum Gasteiger partial charge on any atom is -0.497 e. The first kappa shape index (κ1) is 12.4. The quantitative estimate of drug-likeness (QED) is 0.889. The van der Waals surface area contributed by atoms with Gasteiger partial charge in [0.2, 0.25) is 5.91 Å². The molecule has 0 heterocycles. The summed E-state index contributed by atoms with van der Waals surface area (Å²) in [4.78, 5) is 12.2. The maximum atomic E-state index is 12.2. The number of benzene rings is 1. The average Bonchev–Trinajstić information content (AvgIpc) is 2.89. The maximum Gasteiger partial charge on any atom is 0.244 e. The molecule has 1 fully saturated rings. The lowest BCUT2D eigenvalue weighted by atomic mass is 9.87. The van der Waals surface area contributed by atoms with Gasteiger partial charge in [-0.1, -0.05) is 18.9 Å². The minimum atomic E-state index is -0.844. The molecule has 1 aliphatic rings. The SMILES string of the molecule is COc1cccc(NC(=O)C2(C#N)CCCC2)c1. The van der Waals surface area contributed by atoms with E-state index in [-0.39, 0.29) is 5.91 Å². The van der Waals surface area contributed by atoms with Gasteiger partial charge in [-0.25, -0.2) is 0 Å². The molecule has 1 amide bonds. The Kier molecular flexibility index (Phi) is 3.52. The van der Waals surface area contributed by atoms with E-state index in [2.05, 4.69) is 11.4 Å². The number of nitrogens with one attached hydrogen (secondary N) is 1. The third-order valence-corrected chi connectivity index (χ3v) is 3.43. The van der Waals surface area contributed by atoms with Gasteiger partial charge in [0, 0.05) is 11.8 Å². The fraction of sp³-hybridized carbons (Fsp3) is 0.429. The van der Waals surface area contributed by atoms with Gasteiger partial charge in [0.05, 0.1) is 13.2 Å². The van der Waals surface area contributed by atoms with E-state index in [4.69, 9.17) is 4.74 Å². The van der Waals surface area contributed by atoms with E-state index in [1.54, 1.807) is 19.2 Å². The zero-order chi connectivity index (χ0) is 13.0. The molecule has 1 aliphatic carbocycles. The van der Waals surface area contributed by atoms with Crippen LogP contribution < -0.4 is 10.1 Å².